The molecule has 1 aliphatic heterocycles. The maximum absolute atomic E-state index is 11.2. The second-order valence-electron chi connectivity index (χ2n) is 6.14. The van der Waals surface area contributed by atoms with E-state index in [9.17, 15) is 10.4 Å². The first-order chi connectivity index (χ1) is 9.65. The highest BCUT2D eigenvalue weighted by Gasteiger charge is 2.55. The molecule has 3 rings (SSSR count). The second-order valence-corrected chi connectivity index (χ2v) is 6.14. The van der Waals surface area contributed by atoms with Gasteiger partial charge in [-0.3, -0.25) is 0 Å². The molecule has 1 aromatic carbocycles. The van der Waals surface area contributed by atoms with Crippen molar-refractivity contribution in [1.29, 1.82) is 5.26 Å². The fourth-order valence-corrected chi connectivity index (χ4v) is 3.98. The van der Waals surface area contributed by atoms with Gasteiger partial charge < -0.3 is 10.0 Å². The zero-order chi connectivity index (χ0) is 14.2. The van der Waals surface area contributed by atoms with Crippen molar-refractivity contribution in [2.45, 2.75) is 43.6 Å². The zero-order valence-corrected chi connectivity index (χ0v) is 12.1. The maximum Gasteiger partial charge on any atom is 0.111 e. The Bertz CT molecular complexity index is 540. The SMILES string of the molecule is CCN1CCC(O)(C2(C#N)CCc3ccccc32)CC1. The maximum atomic E-state index is 11.2. The van der Waals surface area contributed by atoms with Crippen LogP contribution < -0.4 is 0 Å². The van der Waals surface area contributed by atoms with Gasteiger partial charge >= 0.3 is 0 Å². The van der Waals surface area contributed by atoms with Crippen molar-refractivity contribution < 1.29 is 5.11 Å². The molecule has 3 nitrogen and oxygen atoms in total. The number of fused-ring (bicyclic) bond motifs is 1. The first kappa shape index (κ1) is 13.6. The Balaban J connectivity index is 1.98. The molecule has 0 spiro atoms. The average molecular weight is 270 g/mol. The average Bonchev–Trinajstić information content (AvgIpc) is 2.88. The standard InChI is InChI=1S/C17H22N2O/c1-2-19-11-9-17(20,10-12-19)16(13-18)8-7-14-5-3-4-6-15(14)16/h3-6,20H,2,7-12H2,1H3. The predicted octanol–water partition coefficient (Wildman–Crippen LogP) is 2.24. The van der Waals surface area contributed by atoms with E-state index in [0.29, 0.717) is 12.8 Å². The van der Waals surface area contributed by atoms with E-state index in [-0.39, 0.29) is 0 Å². The number of benzene rings is 1. The number of piperidine rings is 1. The van der Waals surface area contributed by atoms with Crippen molar-refractivity contribution in [3.63, 3.8) is 0 Å². The van der Waals surface area contributed by atoms with Crippen LogP contribution in [0.1, 0.15) is 37.3 Å². The molecule has 0 radical (unpaired) electrons. The number of hydrogen-bond acceptors (Lipinski definition) is 3. The van der Waals surface area contributed by atoms with Crippen LogP contribution in [0.3, 0.4) is 0 Å². The number of aryl methyl sites for hydroxylation is 1. The van der Waals surface area contributed by atoms with E-state index in [4.69, 9.17) is 0 Å². The molecule has 0 saturated carbocycles. The Hall–Kier alpha value is -1.37. The van der Waals surface area contributed by atoms with Gasteiger partial charge in [0.1, 0.15) is 5.41 Å². The quantitative estimate of drug-likeness (QED) is 0.896. The molecule has 3 heteroatoms. The van der Waals surface area contributed by atoms with E-state index in [1.54, 1.807) is 0 Å². The van der Waals surface area contributed by atoms with Gasteiger partial charge in [0.25, 0.3) is 0 Å². The largest absolute Gasteiger partial charge is 0.388 e. The molecule has 2 aliphatic rings. The fourth-order valence-electron chi connectivity index (χ4n) is 3.98. The minimum absolute atomic E-state index is 0.697. The van der Waals surface area contributed by atoms with Gasteiger partial charge in [-0.25, -0.2) is 0 Å². The normalized spacial score (nSPS) is 28.9. The van der Waals surface area contributed by atoms with Crippen LogP contribution in [-0.2, 0) is 11.8 Å². The summed E-state index contributed by atoms with van der Waals surface area (Å²) in [7, 11) is 0. The van der Waals surface area contributed by atoms with Crippen LogP contribution in [0.4, 0.5) is 0 Å². The summed E-state index contributed by atoms with van der Waals surface area (Å²) in [6, 6.07) is 10.7. The summed E-state index contributed by atoms with van der Waals surface area (Å²) in [5.41, 5.74) is 0.721. The Morgan fingerprint density at radius 1 is 1.25 bits per heavy atom. The van der Waals surface area contributed by atoms with Gasteiger partial charge in [-0.05, 0) is 43.4 Å². The van der Waals surface area contributed by atoms with E-state index < -0.39 is 11.0 Å². The molecule has 1 heterocycles. The van der Waals surface area contributed by atoms with Gasteiger partial charge in [0, 0.05) is 13.1 Å². The molecular weight excluding hydrogens is 248 g/mol. The van der Waals surface area contributed by atoms with Gasteiger partial charge in [0.2, 0.25) is 0 Å². The lowest BCUT2D eigenvalue weighted by Crippen LogP contribution is -2.56. The third-order valence-electron chi connectivity index (χ3n) is 5.36. The highest BCUT2D eigenvalue weighted by Crippen LogP contribution is 2.49. The Morgan fingerprint density at radius 3 is 2.60 bits per heavy atom. The molecule has 0 aromatic heterocycles. The molecular formula is C17H22N2O. The van der Waals surface area contributed by atoms with Crippen molar-refractivity contribution >= 4 is 0 Å². The molecule has 1 aliphatic carbocycles. The Kier molecular flexibility index (Phi) is 3.32. The van der Waals surface area contributed by atoms with Crippen LogP contribution in [0.15, 0.2) is 24.3 Å². The van der Waals surface area contributed by atoms with Gasteiger partial charge in [0.15, 0.2) is 0 Å². The third kappa shape index (κ3) is 1.79. The van der Waals surface area contributed by atoms with Crippen molar-refractivity contribution in [3.8, 4) is 6.07 Å². The monoisotopic (exact) mass is 270 g/mol. The second kappa shape index (κ2) is 4.87. The minimum Gasteiger partial charge on any atom is -0.388 e. The number of nitrogens with zero attached hydrogens (tertiary/aromatic N) is 2. The van der Waals surface area contributed by atoms with Gasteiger partial charge in [-0.2, -0.15) is 5.26 Å². The molecule has 1 unspecified atom stereocenters. The molecule has 20 heavy (non-hydrogen) atoms. The number of likely N-dealkylation sites (tertiary alicyclic amines) is 1. The summed E-state index contributed by atoms with van der Waals surface area (Å²) in [5.74, 6) is 0. The van der Waals surface area contributed by atoms with E-state index >= 15 is 0 Å². The first-order valence-corrected chi connectivity index (χ1v) is 7.59. The van der Waals surface area contributed by atoms with Crippen LogP contribution in [0, 0.1) is 11.3 Å². The van der Waals surface area contributed by atoms with Crippen molar-refractivity contribution in [2.75, 3.05) is 19.6 Å². The number of hydrogen-bond donors (Lipinski definition) is 1. The summed E-state index contributed by atoms with van der Waals surface area (Å²) in [6.07, 6.45) is 3.06. The number of rotatable bonds is 2. The van der Waals surface area contributed by atoms with Gasteiger partial charge in [0.05, 0.1) is 11.7 Å². The van der Waals surface area contributed by atoms with Gasteiger partial charge in [-0.1, -0.05) is 31.2 Å². The number of aliphatic hydroxyl groups is 1. The smallest absolute Gasteiger partial charge is 0.111 e. The lowest BCUT2D eigenvalue weighted by molar-refractivity contribution is -0.0649. The molecule has 1 fully saturated rings. The zero-order valence-electron chi connectivity index (χ0n) is 12.1. The van der Waals surface area contributed by atoms with E-state index in [1.165, 1.54) is 5.56 Å². The molecule has 1 aromatic rings. The van der Waals surface area contributed by atoms with Crippen LogP contribution >= 0.6 is 0 Å². The molecule has 106 valence electrons. The summed E-state index contributed by atoms with van der Waals surface area (Å²) in [5, 5.41) is 21.1. The third-order valence-corrected chi connectivity index (χ3v) is 5.36. The summed E-state index contributed by atoms with van der Waals surface area (Å²) in [4.78, 5) is 2.35. The van der Waals surface area contributed by atoms with Crippen LogP contribution in [0.5, 0.6) is 0 Å². The van der Waals surface area contributed by atoms with E-state index in [2.05, 4.69) is 24.0 Å². The van der Waals surface area contributed by atoms with Crippen molar-refractivity contribution in [2.24, 2.45) is 0 Å². The molecule has 0 bridgehead atoms. The highest BCUT2D eigenvalue weighted by molar-refractivity contribution is 5.47. The van der Waals surface area contributed by atoms with Crippen molar-refractivity contribution in [3.05, 3.63) is 35.4 Å². The van der Waals surface area contributed by atoms with E-state index in [1.807, 2.05) is 18.2 Å². The molecule has 0 amide bonds. The summed E-state index contributed by atoms with van der Waals surface area (Å²) >= 11 is 0. The molecule has 1 atom stereocenters. The number of nitriles is 1. The lowest BCUT2D eigenvalue weighted by Gasteiger charge is -2.46. The summed E-state index contributed by atoms with van der Waals surface area (Å²) < 4.78 is 0. The fraction of sp³-hybridized carbons (Fsp3) is 0.588. The van der Waals surface area contributed by atoms with E-state index in [0.717, 1.165) is 38.0 Å². The van der Waals surface area contributed by atoms with Crippen LogP contribution in [0.2, 0.25) is 0 Å². The van der Waals surface area contributed by atoms with Gasteiger partial charge in [-0.15, -0.1) is 0 Å². The Labute approximate surface area is 120 Å². The predicted molar refractivity (Wildman–Crippen MR) is 78.4 cm³/mol. The minimum atomic E-state index is -0.875. The molecule has 1 N–H and O–H groups in total. The van der Waals surface area contributed by atoms with Crippen molar-refractivity contribution in [1.82, 2.24) is 4.90 Å². The van der Waals surface area contributed by atoms with Crippen LogP contribution in [0.25, 0.3) is 0 Å². The molecule has 1 saturated heterocycles. The van der Waals surface area contributed by atoms with Crippen LogP contribution in [-0.4, -0.2) is 35.2 Å². The first-order valence-electron chi connectivity index (χ1n) is 7.59. The summed E-state index contributed by atoms with van der Waals surface area (Å²) in [6.45, 7) is 4.94. The highest BCUT2D eigenvalue weighted by atomic mass is 16.3. The Morgan fingerprint density at radius 2 is 1.95 bits per heavy atom. The lowest BCUT2D eigenvalue weighted by atomic mass is 9.64. The topological polar surface area (TPSA) is 47.3 Å².